The van der Waals surface area contributed by atoms with Crippen molar-refractivity contribution in [2.75, 3.05) is 0 Å². The quantitative estimate of drug-likeness (QED) is 0.806. The SMILES string of the molecule is Cc1cc(C(=O)ON2C(=O)c3ccccc3C2=O)nc(=O)[nH]1. The molecule has 0 fully saturated rings. The van der Waals surface area contributed by atoms with Crippen LogP contribution in [-0.2, 0) is 4.84 Å². The average Bonchev–Trinajstić information content (AvgIpc) is 2.72. The van der Waals surface area contributed by atoms with Crippen molar-refractivity contribution in [3.63, 3.8) is 0 Å². The molecule has 0 spiro atoms. The summed E-state index contributed by atoms with van der Waals surface area (Å²) in [6.45, 7) is 1.56. The Morgan fingerprint density at radius 1 is 1.14 bits per heavy atom. The first-order valence-electron chi connectivity index (χ1n) is 6.25. The van der Waals surface area contributed by atoms with Crippen LogP contribution in [0.25, 0.3) is 0 Å². The molecule has 110 valence electrons. The fraction of sp³-hybridized carbons (Fsp3) is 0.0714. The molecule has 22 heavy (non-hydrogen) atoms. The number of aromatic amines is 1. The second-order valence-corrected chi connectivity index (χ2v) is 4.58. The maximum absolute atomic E-state index is 12.0. The van der Waals surface area contributed by atoms with Crippen molar-refractivity contribution < 1.29 is 19.2 Å². The summed E-state index contributed by atoms with van der Waals surface area (Å²) < 4.78 is 0. The monoisotopic (exact) mass is 299 g/mol. The molecule has 1 aromatic heterocycles. The first-order chi connectivity index (χ1) is 10.5. The number of nitrogens with one attached hydrogen (secondary N) is 1. The van der Waals surface area contributed by atoms with Crippen LogP contribution in [-0.4, -0.2) is 32.8 Å². The second-order valence-electron chi connectivity index (χ2n) is 4.58. The van der Waals surface area contributed by atoms with Gasteiger partial charge in [0.05, 0.1) is 11.1 Å². The molecule has 0 unspecified atom stereocenters. The Morgan fingerprint density at radius 2 is 1.73 bits per heavy atom. The average molecular weight is 299 g/mol. The standard InChI is InChI=1S/C14H9N3O5/c1-7-6-10(16-14(21)15-7)13(20)22-17-11(18)8-4-2-3-5-9(8)12(17)19/h2-6H,1H3,(H,15,16,21). The maximum atomic E-state index is 12.0. The number of hydroxylamine groups is 2. The minimum absolute atomic E-state index is 0.148. The summed E-state index contributed by atoms with van der Waals surface area (Å²) in [7, 11) is 0. The lowest BCUT2D eigenvalue weighted by Gasteiger charge is -2.12. The van der Waals surface area contributed by atoms with Gasteiger partial charge in [0.15, 0.2) is 5.69 Å². The summed E-state index contributed by atoms with van der Waals surface area (Å²) in [6, 6.07) is 7.38. The van der Waals surface area contributed by atoms with Crippen molar-refractivity contribution in [1.82, 2.24) is 15.0 Å². The summed E-state index contributed by atoms with van der Waals surface area (Å²) in [6.07, 6.45) is 0. The van der Waals surface area contributed by atoms with Crippen molar-refractivity contribution in [1.29, 1.82) is 0 Å². The van der Waals surface area contributed by atoms with Gasteiger partial charge >= 0.3 is 11.7 Å². The fourth-order valence-corrected chi connectivity index (χ4v) is 2.06. The minimum Gasteiger partial charge on any atom is -0.323 e. The number of hydrogen-bond donors (Lipinski definition) is 1. The van der Waals surface area contributed by atoms with Crippen LogP contribution in [0.15, 0.2) is 35.1 Å². The molecule has 0 radical (unpaired) electrons. The lowest BCUT2D eigenvalue weighted by atomic mass is 10.1. The predicted molar refractivity (Wildman–Crippen MR) is 72.0 cm³/mol. The number of nitrogens with zero attached hydrogens (tertiary/aromatic N) is 2. The maximum Gasteiger partial charge on any atom is 0.382 e. The third-order valence-corrected chi connectivity index (χ3v) is 3.02. The Bertz CT molecular complexity index is 836. The molecule has 2 amide bonds. The van der Waals surface area contributed by atoms with E-state index in [1.54, 1.807) is 19.1 Å². The number of aromatic nitrogens is 2. The summed E-state index contributed by atoms with van der Waals surface area (Å²) >= 11 is 0. The van der Waals surface area contributed by atoms with Gasteiger partial charge in [-0.1, -0.05) is 17.2 Å². The largest absolute Gasteiger partial charge is 0.382 e. The zero-order valence-corrected chi connectivity index (χ0v) is 11.3. The second kappa shape index (κ2) is 4.92. The van der Waals surface area contributed by atoms with Gasteiger partial charge in [-0.2, -0.15) is 4.98 Å². The van der Waals surface area contributed by atoms with Crippen LogP contribution >= 0.6 is 0 Å². The highest BCUT2D eigenvalue weighted by atomic mass is 16.7. The highest BCUT2D eigenvalue weighted by Gasteiger charge is 2.39. The van der Waals surface area contributed by atoms with E-state index in [1.807, 2.05) is 0 Å². The first-order valence-corrected chi connectivity index (χ1v) is 6.25. The van der Waals surface area contributed by atoms with Gasteiger partial charge in [0.25, 0.3) is 11.8 Å². The van der Waals surface area contributed by atoms with E-state index >= 15 is 0 Å². The molecule has 2 aromatic rings. The number of amides is 2. The van der Waals surface area contributed by atoms with Gasteiger partial charge in [-0.15, -0.1) is 0 Å². The van der Waals surface area contributed by atoms with Gasteiger partial charge in [-0.3, -0.25) is 9.59 Å². The van der Waals surface area contributed by atoms with Crippen LogP contribution in [0.5, 0.6) is 0 Å². The van der Waals surface area contributed by atoms with Crippen LogP contribution in [0.1, 0.15) is 36.9 Å². The molecular weight excluding hydrogens is 290 g/mol. The van der Waals surface area contributed by atoms with E-state index in [9.17, 15) is 19.2 Å². The molecule has 0 aliphatic carbocycles. The molecular formula is C14H9N3O5. The van der Waals surface area contributed by atoms with Crippen LogP contribution in [0.4, 0.5) is 0 Å². The number of hydrogen-bond acceptors (Lipinski definition) is 6. The predicted octanol–water partition coefficient (Wildman–Crippen LogP) is 0.446. The van der Waals surface area contributed by atoms with Gasteiger partial charge < -0.3 is 9.82 Å². The van der Waals surface area contributed by atoms with Gasteiger partial charge in [0.2, 0.25) is 0 Å². The van der Waals surface area contributed by atoms with E-state index in [1.165, 1.54) is 18.2 Å². The molecule has 0 bridgehead atoms. The van der Waals surface area contributed by atoms with E-state index < -0.39 is 23.5 Å². The highest BCUT2D eigenvalue weighted by Crippen LogP contribution is 2.23. The number of carbonyl (C=O) groups is 3. The minimum atomic E-state index is -1.07. The molecule has 8 nitrogen and oxygen atoms in total. The summed E-state index contributed by atoms with van der Waals surface area (Å²) in [5, 5.41) is 0.366. The van der Waals surface area contributed by atoms with Crippen LogP contribution in [0.3, 0.4) is 0 Å². The Hall–Kier alpha value is -3.29. The Labute approximate surface area is 123 Å². The molecule has 0 saturated heterocycles. The van der Waals surface area contributed by atoms with Gasteiger partial charge in [0, 0.05) is 5.69 Å². The van der Waals surface area contributed by atoms with Crippen LogP contribution in [0.2, 0.25) is 0 Å². The summed E-state index contributed by atoms with van der Waals surface area (Å²) in [5.41, 5.74) is -0.327. The van der Waals surface area contributed by atoms with Gasteiger partial charge in [-0.05, 0) is 25.1 Å². The number of H-pyrrole nitrogens is 1. The number of imide groups is 1. The number of fused-ring (bicyclic) bond motifs is 1. The Balaban J connectivity index is 1.88. The molecule has 8 heteroatoms. The molecule has 3 rings (SSSR count). The van der Waals surface area contributed by atoms with Crippen molar-refractivity contribution in [3.05, 3.63) is 63.3 Å². The van der Waals surface area contributed by atoms with E-state index in [-0.39, 0.29) is 16.8 Å². The fourth-order valence-electron chi connectivity index (χ4n) is 2.06. The summed E-state index contributed by atoms with van der Waals surface area (Å²) in [4.78, 5) is 57.9. The highest BCUT2D eigenvalue weighted by molar-refractivity contribution is 6.21. The van der Waals surface area contributed by atoms with E-state index in [4.69, 9.17) is 4.84 Å². The molecule has 0 saturated carbocycles. The van der Waals surface area contributed by atoms with E-state index in [0.717, 1.165) is 0 Å². The van der Waals surface area contributed by atoms with Gasteiger partial charge in [-0.25, -0.2) is 9.59 Å². The van der Waals surface area contributed by atoms with E-state index in [2.05, 4.69) is 9.97 Å². The first kappa shape index (κ1) is 13.7. The van der Waals surface area contributed by atoms with Crippen LogP contribution in [0, 0.1) is 6.92 Å². The van der Waals surface area contributed by atoms with Gasteiger partial charge in [0.1, 0.15) is 0 Å². The van der Waals surface area contributed by atoms with Crippen molar-refractivity contribution in [2.45, 2.75) is 6.92 Å². The Morgan fingerprint density at radius 3 is 2.27 bits per heavy atom. The zero-order chi connectivity index (χ0) is 15.9. The molecule has 1 aliphatic heterocycles. The number of carbonyl (C=O) groups excluding carboxylic acids is 3. The lowest BCUT2D eigenvalue weighted by Crippen LogP contribution is -2.33. The molecule has 1 aromatic carbocycles. The molecule has 1 N–H and O–H groups in total. The smallest absolute Gasteiger partial charge is 0.323 e. The third kappa shape index (κ3) is 2.16. The lowest BCUT2D eigenvalue weighted by molar-refractivity contribution is -0.0588. The van der Waals surface area contributed by atoms with E-state index in [0.29, 0.717) is 10.8 Å². The van der Waals surface area contributed by atoms with Crippen molar-refractivity contribution in [3.8, 4) is 0 Å². The number of rotatable bonds is 2. The van der Waals surface area contributed by atoms with Crippen LogP contribution < -0.4 is 5.69 Å². The topological polar surface area (TPSA) is 109 Å². The normalized spacial score (nSPS) is 13.2. The number of aryl methyl sites for hydroxylation is 1. The Kier molecular flexibility index (Phi) is 3.06. The van der Waals surface area contributed by atoms with Crippen molar-refractivity contribution >= 4 is 17.8 Å². The third-order valence-electron chi connectivity index (χ3n) is 3.02. The number of benzene rings is 1. The molecule has 2 heterocycles. The zero-order valence-electron chi connectivity index (χ0n) is 11.3. The summed E-state index contributed by atoms with van der Waals surface area (Å²) in [5.74, 6) is -2.55. The molecule has 1 aliphatic rings. The van der Waals surface area contributed by atoms with Crippen molar-refractivity contribution in [2.24, 2.45) is 0 Å². The molecule has 0 atom stereocenters.